The zero-order chi connectivity index (χ0) is 18.1. The summed E-state index contributed by atoms with van der Waals surface area (Å²) in [5, 5.41) is 0.0499. The van der Waals surface area contributed by atoms with Gasteiger partial charge in [-0.2, -0.15) is 0 Å². The van der Waals surface area contributed by atoms with E-state index in [4.69, 9.17) is 11.5 Å². The van der Waals surface area contributed by atoms with E-state index in [1.54, 1.807) is 13.1 Å². The van der Waals surface area contributed by atoms with Gasteiger partial charge in [-0.1, -0.05) is 38.6 Å². The fourth-order valence-electron chi connectivity index (χ4n) is 2.73. The number of ketones is 1. The Hall–Kier alpha value is -1.79. The number of nitrogens with zero attached hydrogens (tertiary/aromatic N) is 1. The summed E-state index contributed by atoms with van der Waals surface area (Å²) in [7, 11) is 0. The van der Waals surface area contributed by atoms with E-state index in [9.17, 15) is 9.59 Å². The number of benzene rings is 1. The first-order chi connectivity index (χ1) is 11.1. The van der Waals surface area contributed by atoms with Crippen molar-refractivity contribution in [2.24, 2.45) is 16.9 Å². The van der Waals surface area contributed by atoms with Crippen LogP contribution in [0, 0.1) is 5.41 Å². The van der Waals surface area contributed by atoms with Gasteiger partial charge in [-0.25, -0.2) is 0 Å². The lowest BCUT2D eigenvalue weighted by Crippen LogP contribution is -2.36. The topological polar surface area (TPSA) is 89.4 Å². The van der Waals surface area contributed by atoms with Crippen molar-refractivity contribution in [2.45, 2.75) is 46.0 Å². The molecule has 0 saturated heterocycles. The van der Waals surface area contributed by atoms with Gasteiger partial charge in [0.05, 0.1) is 10.3 Å². The van der Waals surface area contributed by atoms with Gasteiger partial charge in [0.1, 0.15) is 5.78 Å². The van der Waals surface area contributed by atoms with E-state index < -0.39 is 5.91 Å². The Morgan fingerprint density at radius 2 is 1.92 bits per heavy atom. The maximum Gasteiger partial charge on any atom is 0.256 e. The molecule has 1 unspecified atom stereocenters. The van der Waals surface area contributed by atoms with Gasteiger partial charge in [-0.15, -0.1) is 0 Å². The van der Waals surface area contributed by atoms with Crippen LogP contribution in [0.15, 0.2) is 29.3 Å². The molecule has 1 aliphatic heterocycles. The number of carbonyl (C=O) groups excluding carboxylic acids is 2. The molecular formula is C18H25N3O2S. The number of nitrogens with two attached hydrogens (primary N) is 2. The van der Waals surface area contributed by atoms with E-state index in [1.165, 1.54) is 11.8 Å². The molecule has 4 N–H and O–H groups in total. The number of thioether (sulfide) groups is 1. The van der Waals surface area contributed by atoms with E-state index in [2.05, 4.69) is 25.7 Å². The normalized spacial score (nSPS) is 17.8. The summed E-state index contributed by atoms with van der Waals surface area (Å²) in [5.41, 5.74) is 14.0. The number of primary amides is 1. The standard InChI is InChI=1S/C18H25N3O2S/c1-11(22)7-13-8-14(6-5-12(13)9-19)21-10-15(16(20)23)24-17(21)18(2,3)4/h5-6,8,10,17H,7,9,19H2,1-4H3,(H2,20,23). The molecule has 130 valence electrons. The largest absolute Gasteiger partial charge is 0.365 e. The summed E-state index contributed by atoms with van der Waals surface area (Å²) in [6.45, 7) is 8.34. The highest BCUT2D eigenvalue weighted by Gasteiger charge is 2.37. The van der Waals surface area contributed by atoms with Gasteiger partial charge in [0, 0.05) is 24.9 Å². The molecule has 1 aromatic rings. The number of hydrogen-bond donors (Lipinski definition) is 2. The molecule has 0 saturated carbocycles. The molecule has 0 spiro atoms. The first-order valence-electron chi connectivity index (χ1n) is 7.91. The predicted octanol–water partition coefficient (Wildman–Crippen LogP) is 2.53. The molecule has 1 aliphatic rings. The van der Waals surface area contributed by atoms with Crippen molar-refractivity contribution in [1.29, 1.82) is 0 Å². The minimum atomic E-state index is -0.417. The second kappa shape index (κ2) is 6.99. The SMILES string of the molecule is CC(=O)Cc1cc(N2C=C(C(N)=O)SC2C(C)(C)C)ccc1CN. The third kappa shape index (κ3) is 3.99. The van der Waals surface area contributed by atoms with Crippen LogP contribution >= 0.6 is 11.8 Å². The molecule has 5 nitrogen and oxygen atoms in total. The molecule has 0 bridgehead atoms. The van der Waals surface area contributed by atoms with Gasteiger partial charge in [0.25, 0.3) is 5.91 Å². The summed E-state index contributed by atoms with van der Waals surface area (Å²) in [6, 6.07) is 5.92. The molecule has 1 atom stereocenters. The monoisotopic (exact) mass is 347 g/mol. The van der Waals surface area contributed by atoms with Crippen molar-refractivity contribution < 1.29 is 9.59 Å². The third-order valence-corrected chi connectivity index (χ3v) is 5.60. The molecule has 0 aromatic heterocycles. The number of amides is 1. The van der Waals surface area contributed by atoms with Crippen molar-refractivity contribution >= 4 is 29.1 Å². The summed E-state index contributed by atoms with van der Waals surface area (Å²) in [4.78, 5) is 25.8. The molecule has 0 aliphatic carbocycles. The van der Waals surface area contributed by atoms with Crippen LogP contribution in [0.25, 0.3) is 0 Å². The quantitative estimate of drug-likeness (QED) is 0.854. The smallest absolute Gasteiger partial charge is 0.256 e. The van der Waals surface area contributed by atoms with Crippen molar-refractivity contribution in [3.63, 3.8) is 0 Å². The Morgan fingerprint density at radius 1 is 1.25 bits per heavy atom. The Balaban J connectivity index is 2.47. The van der Waals surface area contributed by atoms with E-state index in [0.717, 1.165) is 16.8 Å². The Bertz CT molecular complexity index is 692. The van der Waals surface area contributed by atoms with E-state index in [1.807, 2.05) is 18.2 Å². The van der Waals surface area contributed by atoms with Gasteiger partial charge >= 0.3 is 0 Å². The average Bonchev–Trinajstić information content (AvgIpc) is 2.92. The molecule has 6 heteroatoms. The fraction of sp³-hybridized carbons (Fsp3) is 0.444. The molecule has 0 fully saturated rings. The third-order valence-electron chi connectivity index (χ3n) is 3.88. The number of anilines is 1. The van der Waals surface area contributed by atoms with Gasteiger partial charge < -0.3 is 16.4 Å². The van der Waals surface area contributed by atoms with Crippen LogP contribution in [0.5, 0.6) is 0 Å². The van der Waals surface area contributed by atoms with Crippen LogP contribution < -0.4 is 16.4 Å². The Kier molecular flexibility index (Phi) is 5.40. The lowest BCUT2D eigenvalue weighted by atomic mass is 9.94. The number of hydrogen-bond acceptors (Lipinski definition) is 5. The average molecular weight is 347 g/mol. The van der Waals surface area contributed by atoms with Crippen molar-refractivity contribution in [3.05, 3.63) is 40.4 Å². The molecule has 1 aromatic carbocycles. The van der Waals surface area contributed by atoms with Gasteiger partial charge in [-0.3, -0.25) is 9.59 Å². The Morgan fingerprint density at radius 3 is 2.42 bits per heavy atom. The zero-order valence-corrected chi connectivity index (χ0v) is 15.4. The predicted molar refractivity (Wildman–Crippen MR) is 99.3 cm³/mol. The van der Waals surface area contributed by atoms with E-state index >= 15 is 0 Å². The summed E-state index contributed by atoms with van der Waals surface area (Å²) >= 11 is 1.48. The molecule has 1 amide bonds. The molecule has 2 rings (SSSR count). The second-order valence-corrected chi connectivity index (χ2v) is 8.26. The van der Waals surface area contributed by atoms with Crippen LogP contribution in [0.3, 0.4) is 0 Å². The lowest BCUT2D eigenvalue weighted by Gasteiger charge is -2.35. The molecule has 1 heterocycles. The van der Waals surface area contributed by atoms with Crippen molar-refractivity contribution in [2.75, 3.05) is 4.90 Å². The lowest BCUT2D eigenvalue weighted by molar-refractivity contribution is -0.116. The van der Waals surface area contributed by atoms with Crippen LogP contribution in [0.1, 0.15) is 38.8 Å². The van der Waals surface area contributed by atoms with E-state index in [-0.39, 0.29) is 16.6 Å². The maximum absolute atomic E-state index is 11.6. The highest BCUT2D eigenvalue weighted by molar-refractivity contribution is 8.05. The molecular weight excluding hydrogens is 322 g/mol. The van der Waals surface area contributed by atoms with Crippen molar-refractivity contribution in [1.82, 2.24) is 0 Å². The Labute approximate surface area is 147 Å². The minimum Gasteiger partial charge on any atom is -0.365 e. The number of carbonyl (C=O) groups is 2. The minimum absolute atomic E-state index is 0.0499. The van der Waals surface area contributed by atoms with Crippen LogP contribution in [-0.4, -0.2) is 17.1 Å². The first-order valence-corrected chi connectivity index (χ1v) is 8.79. The number of rotatable bonds is 5. The highest BCUT2D eigenvalue weighted by Crippen LogP contribution is 2.44. The molecule has 0 radical (unpaired) electrons. The van der Waals surface area contributed by atoms with Crippen LogP contribution in [-0.2, 0) is 22.6 Å². The fourth-order valence-corrected chi connectivity index (χ4v) is 3.91. The van der Waals surface area contributed by atoms with E-state index in [0.29, 0.717) is 17.9 Å². The van der Waals surface area contributed by atoms with Crippen LogP contribution in [0.2, 0.25) is 0 Å². The van der Waals surface area contributed by atoms with Gasteiger partial charge in [0.2, 0.25) is 0 Å². The van der Waals surface area contributed by atoms with Gasteiger partial charge in [0.15, 0.2) is 0 Å². The number of Topliss-reactive ketones (excluding diaryl/α,β-unsaturated/α-hetero) is 1. The van der Waals surface area contributed by atoms with Gasteiger partial charge in [-0.05, 0) is 35.6 Å². The first kappa shape index (κ1) is 18.5. The van der Waals surface area contributed by atoms with Crippen LogP contribution in [0.4, 0.5) is 5.69 Å². The zero-order valence-electron chi connectivity index (χ0n) is 14.6. The second-order valence-electron chi connectivity index (χ2n) is 7.14. The maximum atomic E-state index is 11.6. The summed E-state index contributed by atoms with van der Waals surface area (Å²) in [5.74, 6) is -0.322. The van der Waals surface area contributed by atoms with Crippen molar-refractivity contribution in [3.8, 4) is 0 Å². The summed E-state index contributed by atoms with van der Waals surface area (Å²) in [6.07, 6.45) is 2.16. The summed E-state index contributed by atoms with van der Waals surface area (Å²) < 4.78 is 0. The molecule has 24 heavy (non-hydrogen) atoms. The highest BCUT2D eigenvalue weighted by atomic mass is 32.2.